The van der Waals surface area contributed by atoms with Gasteiger partial charge in [-0.15, -0.1) is 0 Å². The molecule has 0 radical (unpaired) electrons. The van der Waals surface area contributed by atoms with Crippen molar-refractivity contribution in [1.82, 2.24) is 14.5 Å². The summed E-state index contributed by atoms with van der Waals surface area (Å²) in [6.45, 7) is 1.34. The predicted octanol–water partition coefficient (Wildman–Crippen LogP) is 0.823. The maximum absolute atomic E-state index is 12.4. The number of methoxy groups -OCH3 is 1. The minimum atomic E-state index is -0.745. The molecule has 0 N–H and O–H groups in total. The van der Waals surface area contributed by atoms with Crippen LogP contribution in [0, 0.1) is 0 Å². The van der Waals surface area contributed by atoms with Gasteiger partial charge in [0, 0.05) is 19.3 Å². The molecule has 2 rings (SSSR count). The van der Waals surface area contributed by atoms with Crippen LogP contribution < -0.4 is 5.56 Å². The fourth-order valence-electron chi connectivity index (χ4n) is 2.56. The number of aromatic nitrogens is 2. The van der Waals surface area contributed by atoms with Crippen molar-refractivity contribution in [2.24, 2.45) is 0 Å². The number of hydrogen-bond acceptors (Lipinski definition) is 5. The Balaban J connectivity index is 2.11. The summed E-state index contributed by atoms with van der Waals surface area (Å²) in [5.74, 6) is -0.863. The number of carbonyl (C=O) groups is 2. The Hall–Kier alpha value is -2.18. The van der Waals surface area contributed by atoms with Gasteiger partial charge in [0.1, 0.15) is 12.1 Å². The number of rotatable bonds is 3. The molecule has 2 heterocycles. The van der Waals surface area contributed by atoms with Gasteiger partial charge in [-0.1, -0.05) is 19.3 Å². The summed E-state index contributed by atoms with van der Waals surface area (Å²) >= 11 is 0. The molecule has 0 bridgehead atoms. The first kappa shape index (κ1) is 16.2. The normalized spacial score (nSPS) is 15.8. The van der Waals surface area contributed by atoms with E-state index in [0.29, 0.717) is 0 Å². The lowest BCUT2D eigenvalue weighted by molar-refractivity contribution is -0.132. The van der Waals surface area contributed by atoms with E-state index in [1.807, 2.05) is 0 Å². The van der Waals surface area contributed by atoms with Gasteiger partial charge in [0.05, 0.1) is 13.4 Å². The van der Waals surface area contributed by atoms with Crippen LogP contribution in [0.5, 0.6) is 0 Å². The van der Waals surface area contributed by atoms with E-state index in [0.717, 1.165) is 49.5 Å². The zero-order valence-electron chi connectivity index (χ0n) is 12.8. The first-order valence-electron chi connectivity index (χ1n) is 7.54. The molecule has 1 aromatic heterocycles. The van der Waals surface area contributed by atoms with Crippen LogP contribution in [0.3, 0.4) is 0 Å². The summed E-state index contributed by atoms with van der Waals surface area (Å²) in [5.41, 5.74) is -0.715. The average molecular weight is 307 g/mol. The molecule has 1 saturated heterocycles. The van der Waals surface area contributed by atoms with E-state index in [-0.39, 0.29) is 18.0 Å². The minimum absolute atomic E-state index is 0.101. The molecule has 1 aliphatic heterocycles. The second-order valence-electron chi connectivity index (χ2n) is 5.38. The van der Waals surface area contributed by atoms with Crippen molar-refractivity contribution in [3.8, 4) is 0 Å². The van der Waals surface area contributed by atoms with Gasteiger partial charge >= 0.3 is 5.97 Å². The Morgan fingerprint density at radius 1 is 1.18 bits per heavy atom. The highest BCUT2D eigenvalue weighted by atomic mass is 16.5. The second-order valence-corrected chi connectivity index (χ2v) is 5.38. The van der Waals surface area contributed by atoms with Crippen LogP contribution in [0.25, 0.3) is 0 Å². The molecule has 1 amide bonds. The number of hydrogen-bond donors (Lipinski definition) is 0. The lowest BCUT2D eigenvalue weighted by Gasteiger charge is -2.25. The average Bonchev–Trinajstić information content (AvgIpc) is 2.48. The molecule has 0 unspecified atom stereocenters. The van der Waals surface area contributed by atoms with E-state index in [4.69, 9.17) is 0 Å². The third-order valence-corrected chi connectivity index (χ3v) is 3.82. The largest absolute Gasteiger partial charge is 0.465 e. The molecule has 0 atom stereocenters. The Bertz CT molecular complexity index is 589. The van der Waals surface area contributed by atoms with Gasteiger partial charge in [0.25, 0.3) is 5.56 Å². The molecular weight excluding hydrogens is 286 g/mol. The number of ether oxygens (including phenoxy) is 1. The molecule has 0 saturated carbocycles. The van der Waals surface area contributed by atoms with Gasteiger partial charge in [-0.3, -0.25) is 14.2 Å². The summed E-state index contributed by atoms with van der Waals surface area (Å²) < 4.78 is 5.70. The highest BCUT2D eigenvalue weighted by molar-refractivity contribution is 5.88. The van der Waals surface area contributed by atoms with E-state index in [2.05, 4.69) is 9.72 Å². The van der Waals surface area contributed by atoms with E-state index in [1.165, 1.54) is 19.9 Å². The van der Waals surface area contributed by atoms with E-state index in [1.54, 1.807) is 4.90 Å². The highest BCUT2D eigenvalue weighted by Crippen LogP contribution is 2.10. The molecule has 0 spiro atoms. The second kappa shape index (κ2) is 7.72. The summed E-state index contributed by atoms with van der Waals surface area (Å²) in [7, 11) is 1.20. The number of carbonyl (C=O) groups excluding carboxylic acids is 2. The molecule has 1 fully saturated rings. The first-order chi connectivity index (χ1) is 10.6. The standard InChI is InChI=1S/C15H21N3O4/c1-22-15(21)12-9-16-11-18(14(12)20)10-13(19)17-7-5-3-2-4-6-8-17/h9,11H,2-8,10H2,1H3. The van der Waals surface area contributed by atoms with Crippen molar-refractivity contribution in [2.75, 3.05) is 20.2 Å². The van der Waals surface area contributed by atoms with Crippen molar-refractivity contribution in [3.63, 3.8) is 0 Å². The predicted molar refractivity (Wildman–Crippen MR) is 79.5 cm³/mol. The maximum atomic E-state index is 12.4. The molecule has 0 aliphatic carbocycles. The van der Waals surface area contributed by atoms with Gasteiger partial charge in [-0.05, 0) is 12.8 Å². The van der Waals surface area contributed by atoms with E-state index >= 15 is 0 Å². The van der Waals surface area contributed by atoms with Gasteiger partial charge < -0.3 is 9.64 Å². The minimum Gasteiger partial charge on any atom is -0.465 e. The van der Waals surface area contributed by atoms with E-state index < -0.39 is 11.5 Å². The van der Waals surface area contributed by atoms with Crippen LogP contribution >= 0.6 is 0 Å². The summed E-state index contributed by atoms with van der Waals surface area (Å²) in [6, 6.07) is 0. The molecule has 22 heavy (non-hydrogen) atoms. The lowest BCUT2D eigenvalue weighted by Crippen LogP contribution is -2.39. The molecule has 0 aromatic carbocycles. The van der Waals surface area contributed by atoms with Crippen molar-refractivity contribution in [2.45, 2.75) is 38.6 Å². The van der Waals surface area contributed by atoms with Crippen LogP contribution in [-0.2, 0) is 16.1 Å². The van der Waals surface area contributed by atoms with Gasteiger partial charge in [-0.2, -0.15) is 0 Å². The third kappa shape index (κ3) is 3.93. The Labute approximate surface area is 128 Å². The smallest absolute Gasteiger partial charge is 0.345 e. The zero-order valence-corrected chi connectivity index (χ0v) is 12.8. The highest BCUT2D eigenvalue weighted by Gasteiger charge is 2.18. The molecular formula is C15H21N3O4. The number of amides is 1. The quantitative estimate of drug-likeness (QED) is 0.772. The number of nitrogens with zero attached hydrogens (tertiary/aromatic N) is 3. The summed E-state index contributed by atoms with van der Waals surface area (Å²) in [4.78, 5) is 41.6. The monoisotopic (exact) mass is 307 g/mol. The summed E-state index contributed by atoms with van der Waals surface area (Å²) in [6.07, 6.45) is 7.88. The lowest BCUT2D eigenvalue weighted by atomic mass is 10.1. The Kier molecular flexibility index (Phi) is 5.68. The molecule has 120 valence electrons. The van der Waals surface area contributed by atoms with Crippen LogP contribution in [0.1, 0.15) is 42.5 Å². The zero-order chi connectivity index (χ0) is 15.9. The van der Waals surface area contributed by atoms with Crippen molar-refractivity contribution < 1.29 is 14.3 Å². The van der Waals surface area contributed by atoms with Gasteiger partial charge in [-0.25, -0.2) is 9.78 Å². The van der Waals surface area contributed by atoms with Crippen molar-refractivity contribution >= 4 is 11.9 Å². The van der Waals surface area contributed by atoms with Gasteiger partial charge in [0.15, 0.2) is 0 Å². The van der Waals surface area contributed by atoms with Crippen LogP contribution in [0.4, 0.5) is 0 Å². The van der Waals surface area contributed by atoms with Crippen LogP contribution in [0.15, 0.2) is 17.3 Å². The van der Waals surface area contributed by atoms with E-state index in [9.17, 15) is 14.4 Å². The Morgan fingerprint density at radius 3 is 2.45 bits per heavy atom. The van der Waals surface area contributed by atoms with Crippen LogP contribution in [-0.4, -0.2) is 46.5 Å². The molecule has 7 heteroatoms. The fraction of sp³-hybridized carbons (Fsp3) is 0.600. The molecule has 1 aliphatic rings. The molecule has 1 aromatic rings. The maximum Gasteiger partial charge on any atom is 0.345 e. The number of esters is 1. The van der Waals surface area contributed by atoms with Gasteiger partial charge in [0.2, 0.25) is 5.91 Å². The van der Waals surface area contributed by atoms with Crippen LogP contribution in [0.2, 0.25) is 0 Å². The third-order valence-electron chi connectivity index (χ3n) is 3.82. The van der Waals surface area contributed by atoms with Crippen molar-refractivity contribution in [3.05, 3.63) is 28.4 Å². The summed E-state index contributed by atoms with van der Waals surface area (Å²) in [5, 5.41) is 0. The SMILES string of the molecule is COC(=O)c1cncn(CC(=O)N2CCCCCCC2)c1=O. The number of likely N-dealkylation sites (tertiary alicyclic amines) is 1. The Morgan fingerprint density at radius 2 is 1.82 bits per heavy atom. The fourth-order valence-corrected chi connectivity index (χ4v) is 2.56. The first-order valence-corrected chi connectivity index (χ1v) is 7.54. The topological polar surface area (TPSA) is 81.5 Å². The van der Waals surface area contributed by atoms with Crippen molar-refractivity contribution in [1.29, 1.82) is 0 Å². The molecule has 7 nitrogen and oxygen atoms in total.